The van der Waals surface area contributed by atoms with Crippen molar-refractivity contribution in [2.45, 2.75) is 43.9 Å². The Kier molecular flexibility index (Phi) is 2.96. The summed E-state index contributed by atoms with van der Waals surface area (Å²) in [4.78, 5) is 4.55. The number of aliphatic hydroxyl groups excluding tert-OH is 1. The first-order valence-corrected chi connectivity index (χ1v) is 6.40. The Balaban J connectivity index is 1.67. The molecule has 0 radical (unpaired) electrons. The van der Waals surface area contributed by atoms with Crippen LogP contribution in [0.5, 0.6) is 5.75 Å². The second kappa shape index (κ2) is 4.61. The van der Waals surface area contributed by atoms with E-state index in [0.717, 1.165) is 24.3 Å². The standard InChI is InChI=1S/C14H17NO3/c16-10-3-1-9(2-4-10)7-14-15-12-8-11(17)5-6-13(12)18-14/h1-4,11-13,16-17H,5-8H2. The molecule has 1 aliphatic heterocycles. The van der Waals surface area contributed by atoms with E-state index in [1.54, 1.807) is 12.1 Å². The van der Waals surface area contributed by atoms with Crippen molar-refractivity contribution in [2.75, 3.05) is 0 Å². The van der Waals surface area contributed by atoms with Crippen molar-refractivity contribution in [2.24, 2.45) is 4.99 Å². The Hall–Kier alpha value is -1.55. The van der Waals surface area contributed by atoms with E-state index in [-0.39, 0.29) is 24.0 Å². The summed E-state index contributed by atoms with van der Waals surface area (Å²) in [5.41, 5.74) is 1.07. The SMILES string of the molecule is Oc1ccc(CC2=NC3CC(O)CCC3O2)cc1. The molecule has 0 amide bonds. The van der Waals surface area contributed by atoms with E-state index in [2.05, 4.69) is 4.99 Å². The van der Waals surface area contributed by atoms with Crippen molar-refractivity contribution >= 4 is 5.90 Å². The molecule has 4 nitrogen and oxygen atoms in total. The summed E-state index contributed by atoms with van der Waals surface area (Å²) in [5, 5.41) is 18.8. The lowest BCUT2D eigenvalue weighted by Crippen LogP contribution is -2.33. The third kappa shape index (κ3) is 2.34. The lowest BCUT2D eigenvalue weighted by Gasteiger charge is -2.26. The summed E-state index contributed by atoms with van der Waals surface area (Å²) < 4.78 is 5.82. The Labute approximate surface area is 106 Å². The maximum absolute atomic E-state index is 9.61. The zero-order valence-corrected chi connectivity index (χ0v) is 10.1. The molecule has 1 heterocycles. The van der Waals surface area contributed by atoms with Crippen LogP contribution in [-0.4, -0.2) is 34.4 Å². The fraction of sp³-hybridized carbons (Fsp3) is 0.500. The molecule has 2 N–H and O–H groups in total. The molecule has 1 fully saturated rings. The van der Waals surface area contributed by atoms with E-state index >= 15 is 0 Å². The number of aliphatic hydroxyl groups is 1. The molecule has 4 heteroatoms. The molecule has 1 saturated carbocycles. The van der Waals surface area contributed by atoms with Gasteiger partial charge in [-0.05, 0) is 37.0 Å². The van der Waals surface area contributed by atoms with Crippen molar-refractivity contribution in [1.82, 2.24) is 0 Å². The predicted molar refractivity (Wildman–Crippen MR) is 67.8 cm³/mol. The number of fused-ring (bicyclic) bond motifs is 1. The molecule has 3 rings (SSSR count). The molecule has 3 unspecified atom stereocenters. The van der Waals surface area contributed by atoms with Crippen LogP contribution in [0.4, 0.5) is 0 Å². The van der Waals surface area contributed by atoms with Gasteiger partial charge in [-0.15, -0.1) is 0 Å². The highest BCUT2D eigenvalue weighted by Crippen LogP contribution is 2.29. The van der Waals surface area contributed by atoms with Crippen LogP contribution in [0.15, 0.2) is 29.3 Å². The molecule has 1 aliphatic carbocycles. The summed E-state index contributed by atoms with van der Waals surface area (Å²) in [6, 6.07) is 7.21. The number of phenols is 1. The molecule has 0 bridgehead atoms. The highest BCUT2D eigenvalue weighted by Gasteiger charge is 2.36. The minimum absolute atomic E-state index is 0.126. The van der Waals surface area contributed by atoms with Gasteiger partial charge in [0, 0.05) is 6.42 Å². The monoisotopic (exact) mass is 247 g/mol. The van der Waals surface area contributed by atoms with Crippen LogP contribution < -0.4 is 0 Å². The largest absolute Gasteiger partial charge is 0.508 e. The fourth-order valence-electron chi connectivity index (χ4n) is 2.64. The zero-order chi connectivity index (χ0) is 12.5. The molecule has 0 spiro atoms. The van der Waals surface area contributed by atoms with Gasteiger partial charge in [-0.2, -0.15) is 0 Å². The molecule has 2 aliphatic rings. The fourth-order valence-corrected chi connectivity index (χ4v) is 2.64. The van der Waals surface area contributed by atoms with Crippen LogP contribution in [-0.2, 0) is 11.2 Å². The Morgan fingerprint density at radius 2 is 2.00 bits per heavy atom. The van der Waals surface area contributed by atoms with Gasteiger partial charge in [0.05, 0.1) is 12.1 Å². The zero-order valence-electron chi connectivity index (χ0n) is 10.1. The molecule has 1 aromatic carbocycles. The summed E-state index contributed by atoms with van der Waals surface area (Å²) in [6.45, 7) is 0. The van der Waals surface area contributed by atoms with Crippen LogP contribution >= 0.6 is 0 Å². The Morgan fingerprint density at radius 3 is 2.78 bits per heavy atom. The average molecular weight is 247 g/mol. The summed E-state index contributed by atoms with van der Waals surface area (Å²) >= 11 is 0. The van der Waals surface area contributed by atoms with Crippen molar-refractivity contribution in [3.63, 3.8) is 0 Å². The first-order chi connectivity index (χ1) is 8.70. The topological polar surface area (TPSA) is 62.1 Å². The van der Waals surface area contributed by atoms with Crippen molar-refractivity contribution in [3.05, 3.63) is 29.8 Å². The van der Waals surface area contributed by atoms with Gasteiger partial charge in [0.15, 0.2) is 5.90 Å². The van der Waals surface area contributed by atoms with E-state index in [1.165, 1.54) is 0 Å². The van der Waals surface area contributed by atoms with Crippen molar-refractivity contribution in [3.8, 4) is 5.75 Å². The van der Waals surface area contributed by atoms with Crippen LogP contribution in [0, 0.1) is 0 Å². The van der Waals surface area contributed by atoms with E-state index in [4.69, 9.17) is 4.74 Å². The lowest BCUT2D eigenvalue weighted by molar-refractivity contribution is 0.0616. The van der Waals surface area contributed by atoms with Gasteiger partial charge in [-0.25, -0.2) is 4.99 Å². The molecular formula is C14H17NO3. The minimum atomic E-state index is -0.230. The Bertz CT molecular complexity index is 455. The number of aliphatic imine (C=N–C) groups is 1. The molecular weight excluding hydrogens is 230 g/mol. The quantitative estimate of drug-likeness (QED) is 0.835. The molecule has 0 saturated heterocycles. The molecule has 96 valence electrons. The van der Waals surface area contributed by atoms with E-state index in [9.17, 15) is 10.2 Å². The number of hydrogen-bond donors (Lipinski definition) is 2. The van der Waals surface area contributed by atoms with Gasteiger partial charge in [0.2, 0.25) is 0 Å². The summed E-state index contributed by atoms with van der Waals surface area (Å²) in [6.07, 6.45) is 2.98. The molecule has 18 heavy (non-hydrogen) atoms. The van der Waals surface area contributed by atoms with Gasteiger partial charge in [0.1, 0.15) is 11.9 Å². The highest BCUT2D eigenvalue weighted by molar-refractivity contribution is 5.80. The first kappa shape index (κ1) is 11.5. The normalized spacial score (nSPS) is 30.5. The number of phenolic OH excluding ortho intramolecular Hbond substituents is 1. The summed E-state index contributed by atoms with van der Waals surface area (Å²) in [7, 11) is 0. The minimum Gasteiger partial charge on any atom is -0.508 e. The van der Waals surface area contributed by atoms with Crippen molar-refractivity contribution < 1.29 is 14.9 Å². The predicted octanol–water partition coefficient (Wildman–Crippen LogP) is 1.65. The number of hydrogen-bond acceptors (Lipinski definition) is 4. The van der Waals surface area contributed by atoms with E-state index in [0.29, 0.717) is 12.8 Å². The number of rotatable bonds is 2. The highest BCUT2D eigenvalue weighted by atomic mass is 16.5. The van der Waals surface area contributed by atoms with E-state index in [1.807, 2.05) is 12.1 Å². The van der Waals surface area contributed by atoms with Crippen LogP contribution in [0.2, 0.25) is 0 Å². The third-order valence-corrected chi connectivity index (χ3v) is 3.62. The van der Waals surface area contributed by atoms with Gasteiger partial charge in [-0.1, -0.05) is 12.1 Å². The number of nitrogens with zero attached hydrogens (tertiary/aromatic N) is 1. The van der Waals surface area contributed by atoms with Crippen LogP contribution in [0.1, 0.15) is 24.8 Å². The molecule has 0 aromatic heterocycles. The van der Waals surface area contributed by atoms with Crippen LogP contribution in [0.25, 0.3) is 0 Å². The smallest absolute Gasteiger partial charge is 0.188 e. The van der Waals surface area contributed by atoms with E-state index < -0.39 is 0 Å². The summed E-state index contributed by atoms with van der Waals surface area (Å²) in [5.74, 6) is 1.02. The maximum Gasteiger partial charge on any atom is 0.188 e. The number of benzene rings is 1. The third-order valence-electron chi connectivity index (χ3n) is 3.62. The van der Waals surface area contributed by atoms with Gasteiger partial charge in [0.25, 0.3) is 0 Å². The second-order valence-electron chi connectivity index (χ2n) is 5.06. The van der Waals surface area contributed by atoms with Gasteiger partial charge in [-0.3, -0.25) is 0 Å². The molecule has 3 atom stereocenters. The Morgan fingerprint density at radius 1 is 1.22 bits per heavy atom. The van der Waals surface area contributed by atoms with Crippen molar-refractivity contribution in [1.29, 1.82) is 0 Å². The second-order valence-corrected chi connectivity index (χ2v) is 5.06. The molecule has 1 aromatic rings. The number of ether oxygens (including phenoxy) is 1. The maximum atomic E-state index is 9.61. The van der Waals surface area contributed by atoms with Crippen LogP contribution in [0.3, 0.4) is 0 Å². The average Bonchev–Trinajstić information content (AvgIpc) is 2.73. The first-order valence-electron chi connectivity index (χ1n) is 6.40. The lowest BCUT2D eigenvalue weighted by atomic mass is 9.91. The van der Waals surface area contributed by atoms with Gasteiger partial charge < -0.3 is 14.9 Å². The number of aromatic hydroxyl groups is 1. The van der Waals surface area contributed by atoms with Gasteiger partial charge >= 0.3 is 0 Å².